The van der Waals surface area contributed by atoms with Crippen LogP contribution in [0.3, 0.4) is 0 Å². The maximum atomic E-state index is 12.8. The van der Waals surface area contributed by atoms with Crippen molar-refractivity contribution in [3.63, 3.8) is 0 Å². The fraction of sp³-hybridized carbons (Fsp3) is 0.903. The van der Waals surface area contributed by atoms with Gasteiger partial charge in [-0.2, -0.15) is 0 Å². The van der Waals surface area contributed by atoms with Crippen molar-refractivity contribution in [1.82, 2.24) is 21.4 Å². The van der Waals surface area contributed by atoms with Crippen LogP contribution in [0.15, 0.2) is 0 Å². The molecule has 1 atom stereocenters. The van der Waals surface area contributed by atoms with Gasteiger partial charge in [-0.05, 0) is 25.7 Å². The highest BCUT2D eigenvalue weighted by molar-refractivity contribution is 5.85. The standard InChI is InChI=1S/C31H62N6O5/c1-3-5-7-9-11-13-15-17-19-21-25-33-29(38)28(24-23-26-34-30(32)36-37(40)41)35-31(39)42-27-22-20-18-16-14-12-10-8-6-4-2/h28H,3-27H2,1-2H3,(H,33,38)(H,35,39)(H3,32,34,36)/t28-/m0/s1. The lowest BCUT2D eigenvalue weighted by atomic mass is 10.1. The van der Waals surface area contributed by atoms with E-state index in [0.717, 1.165) is 38.5 Å². The van der Waals surface area contributed by atoms with Gasteiger partial charge in [0.2, 0.25) is 5.91 Å². The van der Waals surface area contributed by atoms with Crippen LogP contribution in [0.4, 0.5) is 4.79 Å². The molecule has 0 heterocycles. The van der Waals surface area contributed by atoms with E-state index in [9.17, 15) is 19.7 Å². The molecule has 0 rings (SSSR count). The van der Waals surface area contributed by atoms with Crippen LogP contribution in [0.25, 0.3) is 0 Å². The van der Waals surface area contributed by atoms with Crippen molar-refractivity contribution in [2.24, 2.45) is 0 Å². The molecule has 2 amide bonds. The molecule has 5 N–H and O–H groups in total. The summed E-state index contributed by atoms with van der Waals surface area (Å²) in [4.78, 5) is 35.6. The van der Waals surface area contributed by atoms with Crippen LogP contribution in [0, 0.1) is 15.5 Å². The van der Waals surface area contributed by atoms with Gasteiger partial charge in [-0.3, -0.25) is 10.2 Å². The van der Waals surface area contributed by atoms with E-state index in [1.54, 1.807) is 5.43 Å². The third-order valence-corrected chi connectivity index (χ3v) is 7.34. The van der Waals surface area contributed by atoms with Crippen molar-refractivity contribution in [3.05, 3.63) is 10.1 Å². The second-order valence-electron chi connectivity index (χ2n) is 11.3. The molecule has 0 radical (unpaired) electrons. The number of hydrogen-bond donors (Lipinski definition) is 5. The molecule has 0 aliphatic carbocycles. The molecular formula is C31H62N6O5. The van der Waals surface area contributed by atoms with Gasteiger partial charge in [0.15, 0.2) is 5.03 Å². The van der Waals surface area contributed by atoms with Crippen molar-refractivity contribution < 1.29 is 19.4 Å². The van der Waals surface area contributed by atoms with Gasteiger partial charge in [0, 0.05) is 13.1 Å². The molecule has 0 saturated carbocycles. The minimum Gasteiger partial charge on any atom is -0.450 e. The second-order valence-corrected chi connectivity index (χ2v) is 11.3. The Morgan fingerprint density at radius 1 is 0.690 bits per heavy atom. The van der Waals surface area contributed by atoms with Gasteiger partial charge in [-0.15, -0.1) is 0 Å². The molecule has 246 valence electrons. The van der Waals surface area contributed by atoms with Crippen LogP contribution >= 0.6 is 0 Å². The van der Waals surface area contributed by atoms with Gasteiger partial charge >= 0.3 is 6.09 Å². The number of hydrogen-bond acceptors (Lipinski definition) is 6. The number of carbonyl (C=O) groups is 2. The first-order chi connectivity index (χ1) is 20.4. The Kier molecular flexibility index (Phi) is 28.0. The third-order valence-electron chi connectivity index (χ3n) is 7.34. The molecule has 0 aromatic rings. The highest BCUT2D eigenvalue weighted by Gasteiger charge is 2.21. The first-order valence-corrected chi connectivity index (χ1v) is 16.8. The van der Waals surface area contributed by atoms with E-state index >= 15 is 0 Å². The van der Waals surface area contributed by atoms with Gasteiger partial charge in [0.05, 0.1) is 6.61 Å². The summed E-state index contributed by atoms with van der Waals surface area (Å²) in [5.74, 6) is -0.689. The smallest absolute Gasteiger partial charge is 0.407 e. The van der Waals surface area contributed by atoms with Gasteiger partial charge in [0.25, 0.3) is 5.96 Å². The molecule has 42 heavy (non-hydrogen) atoms. The van der Waals surface area contributed by atoms with E-state index in [0.29, 0.717) is 26.0 Å². The average molecular weight is 599 g/mol. The summed E-state index contributed by atoms with van der Waals surface area (Å²) in [5.41, 5.74) is 1.73. The van der Waals surface area contributed by atoms with Crippen molar-refractivity contribution in [3.8, 4) is 0 Å². The first-order valence-electron chi connectivity index (χ1n) is 16.8. The van der Waals surface area contributed by atoms with E-state index < -0.39 is 23.1 Å². The Bertz CT molecular complexity index is 695. The lowest BCUT2D eigenvalue weighted by Crippen LogP contribution is -2.47. The molecule has 11 heteroatoms. The average Bonchev–Trinajstić information content (AvgIpc) is 2.95. The summed E-state index contributed by atoms with van der Waals surface area (Å²) in [6, 6.07) is -0.771. The monoisotopic (exact) mass is 598 g/mol. The number of nitrogens with zero attached hydrogens (tertiary/aromatic N) is 1. The number of amides is 2. The number of hydrazine groups is 1. The molecule has 0 bridgehead atoms. The first kappa shape index (κ1) is 39.4. The van der Waals surface area contributed by atoms with Crippen LogP contribution in [-0.4, -0.2) is 48.7 Å². The fourth-order valence-corrected chi connectivity index (χ4v) is 4.80. The van der Waals surface area contributed by atoms with E-state index in [1.807, 2.05) is 0 Å². The Morgan fingerprint density at radius 2 is 1.14 bits per heavy atom. The Hall–Kier alpha value is -2.59. The van der Waals surface area contributed by atoms with Gasteiger partial charge in [-0.1, -0.05) is 135 Å². The molecule has 0 aromatic heterocycles. The fourth-order valence-electron chi connectivity index (χ4n) is 4.80. The number of alkyl carbamates (subject to hydrolysis) is 1. The van der Waals surface area contributed by atoms with Crippen LogP contribution in [-0.2, 0) is 9.53 Å². The summed E-state index contributed by atoms with van der Waals surface area (Å²) in [7, 11) is 0. The number of rotatable bonds is 29. The molecule has 0 aliphatic heterocycles. The highest BCUT2D eigenvalue weighted by atomic mass is 16.7. The van der Waals surface area contributed by atoms with Crippen molar-refractivity contribution >= 4 is 18.0 Å². The van der Waals surface area contributed by atoms with E-state index in [4.69, 9.17) is 10.1 Å². The molecule has 0 unspecified atom stereocenters. The van der Waals surface area contributed by atoms with Crippen molar-refractivity contribution in [2.75, 3.05) is 19.7 Å². The topological polar surface area (TPSA) is 158 Å². The van der Waals surface area contributed by atoms with Crippen molar-refractivity contribution in [2.45, 2.75) is 161 Å². The largest absolute Gasteiger partial charge is 0.450 e. The molecule has 11 nitrogen and oxygen atoms in total. The molecule has 0 aromatic carbocycles. The number of ether oxygens (including phenoxy) is 1. The maximum Gasteiger partial charge on any atom is 0.407 e. The normalized spacial score (nSPS) is 11.5. The number of unbranched alkanes of at least 4 members (excludes halogenated alkanes) is 18. The Morgan fingerprint density at radius 3 is 1.64 bits per heavy atom. The van der Waals surface area contributed by atoms with Gasteiger partial charge < -0.3 is 20.7 Å². The summed E-state index contributed by atoms with van der Waals surface area (Å²) in [6.45, 7) is 5.58. The van der Waals surface area contributed by atoms with Gasteiger partial charge in [-0.25, -0.2) is 14.9 Å². The SMILES string of the molecule is CCCCCCCCCCCCNC(=O)[C@H](CCCNC(=N)N[N+](=O)[O-])NC(=O)OCCCCCCCCCCCC. The quantitative estimate of drug-likeness (QED) is 0.0201. The summed E-state index contributed by atoms with van der Waals surface area (Å²) >= 11 is 0. The minimum atomic E-state index is -0.814. The van der Waals surface area contributed by atoms with Crippen LogP contribution in [0.2, 0.25) is 0 Å². The summed E-state index contributed by atoms with van der Waals surface area (Å²) < 4.78 is 5.33. The second kappa shape index (κ2) is 29.9. The number of carbonyl (C=O) groups excluding carboxylic acids is 2. The molecular weight excluding hydrogens is 536 g/mol. The zero-order chi connectivity index (χ0) is 31.1. The Balaban J connectivity index is 4.27. The number of guanidine groups is 1. The Labute approximate surface area is 255 Å². The lowest BCUT2D eigenvalue weighted by Gasteiger charge is -2.18. The maximum absolute atomic E-state index is 12.8. The van der Waals surface area contributed by atoms with Crippen molar-refractivity contribution in [1.29, 1.82) is 5.41 Å². The predicted octanol–water partition coefficient (Wildman–Crippen LogP) is 7.13. The predicted molar refractivity (Wildman–Crippen MR) is 170 cm³/mol. The molecule has 0 fully saturated rings. The molecule has 0 saturated heterocycles. The molecule has 0 spiro atoms. The van der Waals surface area contributed by atoms with Crippen LogP contribution < -0.4 is 21.4 Å². The van der Waals surface area contributed by atoms with E-state index in [-0.39, 0.29) is 12.5 Å². The van der Waals surface area contributed by atoms with E-state index in [2.05, 4.69) is 29.8 Å². The molecule has 0 aliphatic rings. The number of nitro groups is 1. The highest BCUT2D eigenvalue weighted by Crippen LogP contribution is 2.11. The van der Waals surface area contributed by atoms with Gasteiger partial charge in [0.1, 0.15) is 6.04 Å². The number of nitrogens with one attached hydrogen (secondary N) is 5. The summed E-state index contributed by atoms with van der Waals surface area (Å²) in [5, 5.41) is 25.3. The summed E-state index contributed by atoms with van der Waals surface area (Å²) in [6.07, 6.45) is 24.2. The van der Waals surface area contributed by atoms with E-state index in [1.165, 1.54) is 89.9 Å². The zero-order valence-electron chi connectivity index (χ0n) is 26.7. The lowest BCUT2D eigenvalue weighted by molar-refractivity contribution is -0.525. The minimum absolute atomic E-state index is 0.247. The van der Waals surface area contributed by atoms with Crippen LogP contribution in [0.5, 0.6) is 0 Å². The zero-order valence-corrected chi connectivity index (χ0v) is 26.7. The van der Waals surface area contributed by atoms with Crippen LogP contribution in [0.1, 0.15) is 155 Å². The third kappa shape index (κ3) is 27.6.